The van der Waals surface area contributed by atoms with E-state index in [1.807, 2.05) is 12.3 Å². The van der Waals surface area contributed by atoms with Gasteiger partial charge in [-0.15, -0.1) is 0 Å². The molecule has 24 heavy (non-hydrogen) atoms. The molecular formula is C19H27N3O2. The molecule has 0 aliphatic carbocycles. The molecule has 0 saturated carbocycles. The van der Waals surface area contributed by atoms with Crippen molar-refractivity contribution < 1.29 is 11.0 Å². The smallest absolute Gasteiger partial charge is 0.211 e. The van der Waals surface area contributed by atoms with E-state index < -0.39 is 0 Å². The van der Waals surface area contributed by atoms with E-state index in [-0.39, 0.29) is 1.43 Å². The van der Waals surface area contributed by atoms with E-state index in [0.717, 1.165) is 18.0 Å². The summed E-state index contributed by atoms with van der Waals surface area (Å²) < 4.78 is 4.93. The van der Waals surface area contributed by atoms with Crippen molar-refractivity contribution in [2.45, 2.75) is 25.8 Å². The van der Waals surface area contributed by atoms with E-state index in [4.69, 9.17) is 4.74 Å². The van der Waals surface area contributed by atoms with E-state index in [1.54, 1.807) is 31.4 Å². The molecule has 0 radical (unpaired) electrons. The predicted molar refractivity (Wildman–Crippen MR) is 98.2 cm³/mol. The van der Waals surface area contributed by atoms with E-state index >= 15 is 0 Å². The lowest BCUT2D eigenvalue weighted by atomic mass is 10.1. The van der Waals surface area contributed by atoms with Crippen LogP contribution in [-0.2, 0) is 11.3 Å². The largest absolute Gasteiger partial charge is 0.497 e. The molecule has 1 fully saturated rings. The highest BCUT2D eigenvalue weighted by Crippen LogP contribution is 2.14. The minimum Gasteiger partial charge on any atom is -0.497 e. The standard InChI is InChI=1S/C11H16N2.C8H9NO2.H2/c1-4-8-13(9-5-1)10-11-6-2-3-7-12-11;1-11-8-4-2-7(3-5-8)9-6-10;/h2-3,6-7H,1,4-5,8-10H2;2-6H,1H3,(H,9,10);1H. The number of likely N-dealkylation sites (tertiary alicyclic amines) is 1. The van der Waals surface area contributed by atoms with Gasteiger partial charge in [0.25, 0.3) is 0 Å². The molecule has 0 atom stereocenters. The van der Waals surface area contributed by atoms with Crippen LogP contribution in [0.4, 0.5) is 5.69 Å². The zero-order chi connectivity index (χ0) is 17.0. The molecule has 1 saturated heterocycles. The first-order chi connectivity index (χ1) is 11.8. The predicted octanol–water partition coefficient (Wildman–Crippen LogP) is 3.58. The molecule has 5 nitrogen and oxygen atoms in total. The maximum Gasteiger partial charge on any atom is 0.211 e. The molecule has 1 aliphatic rings. The number of rotatable bonds is 5. The summed E-state index contributed by atoms with van der Waals surface area (Å²) in [5, 5.41) is 2.52. The Kier molecular flexibility index (Phi) is 7.77. The first-order valence-corrected chi connectivity index (χ1v) is 8.28. The Labute approximate surface area is 145 Å². The van der Waals surface area contributed by atoms with E-state index in [1.165, 1.54) is 38.0 Å². The lowest BCUT2D eigenvalue weighted by molar-refractivity contribution is -0.105. The molecule has 0 spiro atoms. The number of aromatic nitrogens is 1. The fourth-order valence-corrected chi connectivity index (χ4v) is 2.59. The van der Waals surface area contributed by atoms with Gasteiger partial charge in [-0.2, -0.15) is 0 Å². The molecular weight excluding hydrogens is 302 g/mol. The van der Waals surface area contributed by atoms with Gasteiger partial charge in [-0.3, -0.25) is 14.7 Å². The van der Waals surface area contributed by atoms with Gasteiger partial charge in [0.05, 0.1) is 12.8 Å². The third-order valence-electron chi connectivity index (χ3n) is 3.88. The van der Waals surface area contributed by atoms with Crippen molar-refractivity contribution in [2.24, 2.45) is 0 Å². The number of hydrogen-bond acceptors (Lipinski definition) is 4. The van der Waals surface area contributed by atoms with Crippen molar-refractivity contribution in [3.05, 3.63) is 54.4 Å². The Morgan fingerprint density at radius 3 is 2.50 bits per heavy atom. The number of nitrogens with zero attached hydrogens (tertiary/aromatic N) is 2. The summed E-state index contributed by atoms with van der Waals surface area (Å²) >= 11 is 0. The second-order valence-electron chi connectivity index (χ2n) is 5.65. The first-order valence-electron chi connectivity index (χ1n) is 8.28. The Bertz CT molecular complexity index is 587. The average molecular weight is 329 g/mol. The second kappa shape index (κ2) is 10.4. The molecule has 1 aliphatic heterocycles. The molecule has 3 rings (SSSR count). The third-order valence-corrected chi connectivity index (χ3v) is 3.88. The van der Waals surface area contributed by atoms with Gasteiger partial charge < -0.3 is 10.1 Å². The van der Waals surface area contributed by atoms with Crippen LogP contribution in [0.5, 0.6) is 5.75 Å². The summed E-state index contributed by atoms with van der Waals surface area (Å²) in [6.45, 7) is 3.52. The number of ether oxygens (including phenoxy) is 1. The van der Waals surface area contributed by atoms with Crippen LogP contribution in [0.25, 0.3) is 0 Å². The lowest BCUT2D eigenvalue weighted by Crippen LogP contribution is -2.29. The number of carbonyl (C=O) groups is 1. The van der Waals surface area contributed by atoms with Gasteiger partial charge >= 0.3 is 0 Å². The van der Waals surface area contributed by atoms with Gasteiger partial charge in [0, 0.05) is 19.9 Å². The topological polar surface area (TPSA) is 54.5 Å². The number of amides is 1. The van der Waals surface area contributed by atoms with Gasteiger partial charge in [0.2, 0.25) is 6.41 Å². The molecule has 1 N–H and O–H groups in total. The van der Waals surface area contributed by atoms with Crippen LogP contribution in [0.2, 0.25) is 0 Å². The van der Waals surface area contributed by atoms with Crippen LogP contribution in [0, 0.1) is 0 Å². The fourth-order valence-electron chi connectivity index (χ4n) is 2.59. The van der Waals surface area contributed by atoms with Gasteiger partial charge in [-0.25, -0.2) is 0 Å². The molecule has 1 aromatic heterocycles. The number of pyridine rings is 1. The number of hydrogen-bond donors (Lipinski definition) is 1. The van der Waals surface area contributed by atoms with Crippen molar-refractivity contribution in [3.8, 4) is 5.75 Å². The number of methoxy groups -OCH3 is 1. The van der Waals surface area contributed by atoms with Gasteiger partial charge in [-0.1, -0.05) is 12.5 Å². The normalized spacial score (nSPS) is 14.2. The van der Waals surface area contributed by atoms with Gasteiger partial charge in [0.1, 0.15) is 5.75 Å². The van der Waals surface area contributed by atoms with Crippen LogP contribution in [-0.4, -0.2) is 36.5 Å². The van der Waals surface area contributed by atoms with Crippen molar-refractivity contribution in [2.75, 3.05) is 25.5 Å². The van der Waals surface area contributed by atoms with Crippen molar-refractivity contribution in [1.82, 2.24) is 9.88 Å². The van der Waals surface area contributed by atoms with E-state index in [2.05, 4.69) is 27.3 Å². The maximum absolute atomic E-state index is 9.99. The molecule has 2 aromatic rings. The second-order valence-corrected chi connectivity index (χ2v) is 5.65. The quantitative estimate of drug-likeness (QED) is 0.852. The number of piperidine rings is 1. The number of nitrogens with one attached hydrogen (secondary N) is 1. The minimum absolute atomic E-state index is 0. The molecule has 1 aromatic carbocycles. The van der Waals surface area contributed by atoms with Gasteiger partial charge in [-0.05, 0) is 62.3 Å². The molecule has 0 bridgehead atoms. The van der Waals surface area contributed by atoms with Crippen molar-refractivity contribution >= 4 is 12.1 Å². The average Bonchev–Trinajstić information content (AvgIpc) is 2.65. The van der Waals surface area contributed by atoms with Gasteiger partial charge in [0.15, 0.2) is 0 Å². The summed E-state index contributed by atoms with van der Waals surface area (Å²) in [6.07, 6.45) is 6.62. The monoisotopic (exact) mass is 329 g/mol. The Morgan fingerprint density at radius 1 is 1.17 bits per heavy atom. The maximum atomic E-state index is 9.99. The molecule has 130 valence electrons. The molecule has 5 heteroatoms. The van der Waals surface area contributed by atoms with Crippen LogP contribution >= 0.6 is 0 Å². The summed E-state index contributed by atoms with van der Waals surface area (Å²) in [6, 6.07) is 13.2. The van der Waals surface area contributed by atoms with Crippen LogP contribution in [0.15, 0.2) is 48.7 Å². The number of anilines is 1. The van der Waals surface area contributed by atoms with Crippen LogP contribution < -0.4 is 10.1 Å². The number of benzene rings is 1. The van der Waals surface area contributed by atoms with E-state index in [0.29, 0.717) is 6.41 Å². The summed E-state index contributed by atoms with van der Waals surface area (Å²) in [5.74, 6) is 0.779. The Hall–Kier alpha value is -2.40. The Balaban J connectivity index is 0.000000244. The summed E-state index contributed by atoms with van der Waals surface area (Å²) in [4.78, 5) is 16.8. The highest BCUT2D eigenvalue weighted by molar-refractivity contribution is 5.71. The van der Waals surface area contributed by atoms with E-state index in [9.17, 15) is 4.79 Å². The SMILES string of the molecule is COc1ccc(NC=O)cc1.[HH].c1ccc(CN2CCCCC2)nc1. The van der Waals surface area contributed by atoms with Crippen LogP contribution in [0.1, 0.15) is 26.4 Å². The number of carbonyl (C=O) groups excluding carboxylic acids is 1. The lowest BCUT2D eigenvalue weighted by Gasteiger charge is -2.25. The highest BCUT2D eigenvalue weighted by atomic mass is 16.5. The summed E-state index contributed by atoms with van der Waals surface area (Å²) in [7, 11) is 1.60. The van der Waals surface area contributed by atoms with Crippen LogP contribution in [0.3, 0.4) is 0 Å². The zero-order valence-corrected chi connectivity index (χ0v) is 14.1. The zero-order valence-electron chi connectivity index (χ0n) is 14.1. The summed E-state index contributed by atoms with van der Waals surface area (Å²) in [5.41, 5.74) is 1.96. The third kappa shape index (κ3) is 6.38. The Morgan fingerprint density at radius 2 is 1.92 bits per heavy atom. The first kappa shape index (κ1) is 17.9. The molecule has 1 amide bonds. The molecule has 0 unspecified atom stereocenters. The minimum atomic E-state index is 0. The fraction of sp³-hybridized carbons (Fsp3) is 0.368. The molecule has 2 heterocycles. The van der Waals surface area contributed by atoms with Crippen molar-refractivity contribution in [3.63, 3.8) is 0 Å². The van der Waals surface area contributed by atoms with Crippen molar-refractivity contribution in [1.29, 1.82) is 0 Å². The highest BCUT2D eigenvalue weighted by Gasteiger charge is 2.10.